The van der Waals surface area contributed by atoms with Crippen molar-refractivity contribution in [2.45, 2.75) is 45.1 Å². The van der Waals surface area contributed by atoms with E-state index in [-0.39, 0.29) is 5.91 Å². The summed E-state index contributed by atoms with van der Waals surface area (Å²) in [5.41, 5.74) is 1.77. The number of aryl methyl sites for hydroxylation is 1. The summed E-state index contributed by atoms with van der Waals surface area (Å²) < 4.78 is 5.84. The van der Waals surface area contributed by atoms with Gasteiger partial charge in [0.2, 0.25) is 0 Å². The van der Waals surface area contributed by atoms with Gasteiger partial charge < -0.3 is 9.73 Å². The molecule has 4 bridgehead atoms. The maximum atomic E-state index is 12.8. The summed E-state index contributed by atoms with van der Waals surface area (Å²) in [6.07, 6.45) is 6.71. The monoisotopic (exact) mass is 309 g/mol. The second kappa shape index (κ2) is 4.86. The minimum Gasteiger partial charge on any atom is -0.451 e. The summed E-state index contributed by atoms with van der Waals surface area (Å²) >= 11 is 0. The van der Waals surface area contributed by atoms with Gasteiger partial charge in [-0.3, -0.25) is 4.79 Å². The molecule has 1 aromatic carbocycles. The van der Waals surface area contributed by atoms with E-state index < -0.39 is 0 Å². The Labute approximate surface area is 136 Å². The first-order valence-electron chi connectivity index (χ1n) is 8.98. The maximum Gasteiger partial charge on any atom is 0.287 e. The molecule has 0 unspecified atom stereocenters. The minimum atomic E-state index is -0.0174. The van der Waals surface area contributed by atoms with Crippen LogP contribution in [0.1, 0.15) is 48.2 Å². The predicted molar refractivity (Wildman–Crippen MR) is 89.3 cm³/mol. The first-order valence-corrected chi connectivity index (χ1v) is 8.98. The third-order valence-corrected chi connectivity index (χ3v) is 6.57. The van der Waals surface area contributed by atoms with Crippen molar-refractivity contribution in [3.05, 3.63) is 35.6 Å². The van der Waals surface area contributed by atoms with Gasteiger partial charge in [0.25, 0.3) is 5.91 Å². The molecule has 0 spiro atoms. The lowest BCUT2D eigenvalue weighted by molar-refractivity contribution is -0.0122. The van der Waals surface area contributed by atoms with Crippen LogP contribution in [0.2, 0.25) is 0 Å². The number of amides is 1. The van der Waals surface area contributed by atoms with Crippen LogP contribution in [0.4, 0.5) is 0 Å². The fourth-order valence-electron chi connectivity index (χ4n) is 5.77. The summed E-state index contributed by atoms with van der Waals surface area (Å²) in [5, 5.41) is 4.39. The van der Waals surface area contributed by atoms with Crippen molar-refractivity contribution in [3.8, 4) is 0 Å². The van der Waals surface area contributed by atoms with Crippen molar-refractivity contribution in [1.29, 1.82) is 0 Å². The molecule has 4 saturated carbocycles. The summed E-state index contributed by atoms with van der Waals surface area (Å²) in [5.74, 6) is 3.73. The van der Waals surface area contributed by atoms with Crippen LogP contribution in [0.25, 0.3) is 11.0 Å². The molecular weight excluding hydrogens is 286 g/mol. The summed E-state index contributed by atoms with van der Waals surface area (Å²) in [4.78, 5) is 12.8. The number of carbonyl (C=O) groups is 1. The number of benzene rings is 1. The van der Waals surface area contributed by atoms with Gasteiger partial charge in [0.15, 0.2) is 5.76 Å². The van der Waals surface area contributed by atoms with Gasteiger partial charge in [-0.15, -0.1) is 0 Å². The molecule has 2 aromatic rings. The zero-order chi connectivity index (χ0) is 15.6. The molecule has 1 aromatic heterocycles. The van der Waals surface area contributed by atoms with E-state index in [2.05, 4.69) is 5.32 Å². The molecule has 4 aliphatic carbocycles. The fraction of sp³-hybridized carbons (Fsp3) is 0.550. The molecule has 0 saturated heterocycles. The SMILES string of the molecule is Cc1c(C(=O)NC2C3CC4CC(C3)CC2C4)oc2ccccc12. The van der Waals surface area contributed by atoms with Gasteiger partial charge in [-0.25, -0.2) is 0 Å². The molecule has 3 heteroatoms. The highest BCUT2D eigenvalue weighted by Crippen LogP contribution is 2.53. The van der Waals surface area contributed by atoms with Gasteiger partial charge in [-0.2, -0.15) is 0 Å². The van der Waals surface area contributed by atoms with E-state index in [1.54, 1.807) is 0 Å². The average molecular weight is 309 g/mol. The average Bonchev–Trinajstić information content (AvgIpc) is 2.88. The van der Waals surface area contributed by atoms with Crippen LogP contribution in [0.3, 0.4) is 0 Å². The molecule has 1 heterocycles. The second-order valence-corrected chi connectivity index (χ2v) is 7.98. The highest BCUT2D eigenvalue weighted by molar-refractivity contribution is 5.99. The fourth-order valence-corrected chi connectivity index (χ4v) is 5.77. The van der Waals surface area contributed by atoms with Gasteiger partial charge in [0.1, 0.15) is 5.58 Å². The number of nitrogens with one attached hydrogen (secondary N) is 1. The van der Waals surface area contributed by atoms with Crippen molar-refractivity contribution in [2.24, 2.45) is 23.7 Å². The quantitative estimate of drug-likeness (QED) is 0.899. The van der Waals surface area contributed by atoms with Crippen LogP contribution in [0, 0.1) is 30.6 Å². The van der Waals surface area contributed by atoms with Gasteiger partial charge in [-0.05, 0) is 68.8 Å². The molecule has 23 heavy (non-hydrogen) atoms. The van der Waals surface area contributed by atoms with Crippen molar-refractivity contribution in [1.82, 2.24) is 5.32 Å². The van der Waals surface area contributed by atoms with E-state index in [0.29, 0.717) is 23.6 Å². The number of fused-ring (bicyclic) bond motifs is 1. The van der Waals surface area contributed by atoms with E-state index >= 15 is 0 Å². The lowest BCUT2D eigenvalue weighted by Crippen LogP contribution is -2.55. The van der Waals surface area contributed by atoms with E-state index in [4.69, 9.17) is 4.42 Å². The third-order valence-electron chi connectivity index (χ3n) is 6.57. The molecule has 4 aliphatic rings. The van der Waals surface area contributed by atoms with Gasteiger partial charge in [0.05, 0.1) is 0 Å². The Bertz CT molecular complexity index is 747. The standard InChI is InChI=1S/C20H23NO2/c1-11-16-4-2-3-5-17(16)23-19(11)20(22)21-18-14-7-12-6-13(9-14)10-15(18)8-12/h2-5,12-15,18H,6-10H2,1H3,(H,21,22). The second-order valence-electron chi connectivity index (χ2n) is 7.98. The van der Waals surface area contributed by atoms with Crippen LogP contribution in [-0.4, -0.2) is 11.9 Å². The zero-order valence-corrected chi connectivity index (χ0v) is 13.5. The number of hydrogen-bond donors (Lipinski definition) is 1. The number of hydrogen-bond acceptors (Lipinski definition) is 2. The first kappa shape index (κ1) is 13.6. The Morgan fingerprint density at radius 1 is 1.04 bits per heavy atom. The molecule has 1 N–H and O–H groups in total. The van der Waals surface area contributed by atoms with Crippen LogP contribution in [-0.2, 0) is 0 Å². The lowest BCUT2D eigenvalue weighted by Gasteiger charge is -2.54. The van der Waals surface area contributed by atoms with Crippen molar-refractivity contribution >= 4 is 16.9 Å². The minimum absolute atomic E-state index is 0.0174. The Kier molecular flexibility index (Phi) is 2.88. The van der Waals surface area contributed by atoms with E-state index in [9.17, 15) is 4.79 Å². The largest absolute Gasteiger partial charge is 0.451 e. The molecule has 4 fully saturated rings. The van der Waals surface area contributed by atoms with Crippen molar-refractivity contribution in [3.63, 3.8) is 0 Å². The molecule has 0 radical (unpaired) electrons. The van der Waals surface area contributed by atoms with Gasteiger partial charge in [-0.1, -0.05) is 18.2 Å². The van der Waals surface area contributed by atoms with E-state index in [0.717, 1.165) is 28.4 Å². The normalized spacial score (nSPS) is 34.9. The molecule has 0 atom stereocenters. The van der Waals surface area contributed by atoms with Gasteiger partial charge in [0, 0.05) is 17.0 Å². The van der Waals surface area contributed by atoms with Crippen LogP contribution in [0.15, 0.2) is 28.7 Å². The molecule has 3 nitrogen and oxygen atoms in total. The molecule has 0 aliphatic heterocycles. The van der Waals surface area contributed by atoms with Crippen molar-refractivity contribution < 1.29 is 9.21 Å². The van der Waals surface area contributed by atoms with Crippen LogP contribution < -0.4 is 5.32 Å². The lowest BCUT2D eigenvalue weighted by atomic mass is 9.54. The van der Waals surface area contributed by atoms with Gasteiger partial charge >= 0.3 is 0 Å². The summed E-state index contributed by atoms with van der Waals surface area (Å²) in [6, 6.07) is 8.26. The van der Waals surface area contributed by atoms with Crippen LogP contribution in [0.5, 0.6) is 0 Å². The van der Waals surface area contributed by atoms with Crippen LogP contribution >= 0.6 is 0 Å². The Hall–Kier alpha value is -1.77. The Morgan fingerprint density at radius 2 is 1.70 bits per heavy atom. The molecule has 120 valence electrons. The number of furan rings is 1. The Balaban J connectivity index is 1.41. The topological polar surface area (TPSA) is 42.2 Å². The summed E-state index contributed by atoms with van der Waals surface area (Å²) in [7, 11) is 0. The molecular formula is C20H23NO2. The van der Waals surface area contributed by atoms with E-state index in [1.807, 2.05) is 31.2 Å². The predicted octanol–water partition coefficient (Wildman–Crippen LogP) is 4.30. The zero-order valence-electron chi connectivity index (χ0n) is 13.5. The summed E-state index contributed by atoms with van der Waals surface area (Å²) in [6.45, 7) is 1.98. The molecule has 6 rings (SSSR count). The Morgan fingerprint density at radius 3 is 2.35 bits per heavy atom. The number of carbonyl (C=O) groups excluding carboxylic acids is 1. The number of para-hydroxylation sites is 1. The maximum absolute atomic E-state index is 12.8. The number of rotatable bonds is 2. The first-order chi connectivity index (χ1) is 11.2. The molecule has 1 amide bonds. The van der Waals surface area contributed by atoms with E-state index in [1.165, 1.54) is 32.1 Å². The van der Waals surface area contributed by atoms with Crippen molar-refractivity contribution in [2.75, 3.05) is 0 Å². The third kappa shape index (κ3) is 2.05. The highest BCUT2D eigenvalue weighted by atomic mass is 16.3. The highest BCUT2D eigenvalue weighted by Gasteiger charge is 2.48. The smallest absolute Gasteiger partial charge is 0.287 e.